The summed E-state index contributed by atoms with van der Waals surface area (Å²) in [6.07, 6.45) is 4.16. The Hall–Kier alpha value is -0.0400. The fourth-order valence-corrected chi connectivity index (χ4v) is 3.33. The van der Waals surface area contributed by atoms with Crippen molar-refractivity contribution in [2.45, 2.75) is 59.9 Å². The lowest BCUT2D eigenvalue weighted by Gasteiger charge is -2.56. The highest BCUT2D eigenvalue weighted by atomic mass is 14.8. The van der Waals surface area contributed by atoms with Gasteiger partial charge in [-0.1, -0.05) is 27.7 Å². The van der Waals surface area contributed by atoms with Crippen LogP contribution in [0.3, 0.4) is 0 Å². The summed E-state index contributed by atoms with van der Waals surface area (Å²) >= 11 is 0. The lowest BCUT2D eigenvalue weighted by molar-refractivity contribution is -0.0632. The van der Waals surface area contributed by atoms with Crippen molar-refractivity contribution in [3.8, 4) is 0 Å². The van der Waals surface area contributed by atoms with E-state index in [1.54, 1.807) is 0 Å². The van der Waals surface area contributed by atoms with Gasteiger partial charge >= 0.3 is 0 Å². The molecule has 1 aliphatic carbocycles. The highest BCUT2D eigenvalue weighted by Crippen LogP contribution is 2.57. The molecule has 90 valence electrons. The monoisotopic (exact) mass is 211 g/mol. The quantitative estimate of drug-likeness (QED) is 0.731. The lowest BCUT2D eigenvalue weighted by Crippen LogP contribution is -2.48. The Morgan fingerprint density at radius 1 is 1.33 bits per heavy atom. The van der Waals surface area contributed by atoms with Gasteiger partial charge in [-0.15, -0.1) is 0 Å². The molecule has 4 atom stereocenters. The maximum absolute atomic E-state index is 3.34. The van der Waals surface area contributed by atoms with Gasteiger partial charge in [0.2, 0.25) is 0 Å². The zero-order chi connectivity index (χ0) is 11.6. The third kappa shape index (κ3) is 2.55. The van der Waals surface area contributed by atoms with Crippen molar-refractivity contribution in [1.82, 2.24) is 5.32 Å². The van der Waals surface area contributed by atoms with E-state index in [4.69, 9.17) is 0 Å². The summed E-state index contributed by atoms with van der Waals surface area (Å²) in [5.41, 5.74) is 0.618. The Balaban J connectivity index is 2.45. The molecule has 1 rings (SSSR count). The Labute approximate surface area is 96.0 Å². The summed E-state index contributed by atoms with van der Waals surface area (Å²) in [4.78, 5) is 0. The van der Waals surface area contributed by atoms with Crippen molar-refractivity contribution < 1.29 is 0 Å². The first-order chi connectivity index (χ1) is 6.91. The highest BCUT2D eigenvalue weighted by molar-refractivity contribution is 4.98. The third-order valence-electron chi connectivity index (χ3n) is 5.02. The van der Waals surface area contributed by atoms with E-state index < -0.39 is 0 Å². The topological polar surface area (TPSA) is 12.0 Å². The van der Waals surface area contributed by atoms with Gasteiger partial charge in [0, 0.05) is 6.04 Å². The zero-order valence-electron chi connectivity index (χ0n) is 11.4. The number of rotatable bonds is 5. The predicted molar refractivity (Wildman–Crippen MR) is 68.0 cm³/mol. The fourth-order valence-electron chi connectivity index (χ4n) is 3.33. The second kappa shape index (κ2) is 4.86. The first kappa shape index (κ1) is 13.0. The average molecular weight is 211 g/mol. The summed E-state index contributed by atoms with van der Waals surface area (Å²) < 4.78 is 0. The molecule has 0 aromatic heterocycles. The van der Waals surface area contributed by atoms with Crippen LogP contribution in [0.15, 0.2) is 0 Å². The van der Waals surface area contributed by atoms with Crippen LogP contribution >= 0.6 is 0 Å². The summed E-state index contributed by atoms with van der Waals surface area (Å²) in [7, 11) is 2.07. The molecule has 1 fully saturated rings. The third-order valence-corrected chi connectivity index (χ3v) is 5.02. The standard InChI is InChI=1S/C14H29N/c1-10(2)14(5)9-11(3)13(14)8-7-12(4)15-6/h10-13,15H,7-9H2,1-6H3. The molecule has 0 spiro atoms. The van der Waals surface area contributed by atoms with Crippen molar-refractivity contribution in [3.63, 3.8) is 0 Å². The fraction of sp³-hybridized carbons (Fsp3) is 1.00. The average Bonchev–Trinajstić information content (AvgIpc) is 2.16. The minimum Gasteiger partial charge on any atom is -0.317 e. The smallest absolute Gasteiger partial charge is 0.00358 e. The molecule has 0 bridgehead atoms. The molecule has 0 radical (unpaired) electrons. The van der Waals surface area contributed by atoms with Crippen LogP contribution in [0.1, 0.15) is 53.9 Å². The van der Waals surface area contributed by atoms with Crippen LogP contribution in [0.4, 0.5) is 0 Å². The molecular formula is C14H29N. The lowest BCUT2D eigenvalue weighted by atomic mass is 9.50. The Bertz CT molecular complexity index is 200. The van der Waals surface area contributed by atoms with Gasteiger partial charge in [0.15, 0.2) is 0 Å². The molecule has 0 saturated heterocycles. The van der Waals surface area contributed by atoms with Crippen molar-refractivity contribution in [2.75, 3.05) is 7.05 Å². The summed E-state index contributed by atoms with van der Waals surface area (Å²) in [5.74, 6) is 2.73. The van der Waals surface area contributed by atoms with E-state index in [0.717, 1.165) is 17.8 Å². The molecule has 1 aliphatic rings. The van der Waals surface area contributed by atoms with Gasteiger partial charge in [-0.3, -0.25) is 0 Å². The molecule has 0 aromatic rings. The Kier molecular flexibility index (Phi) is 4.22. The van der Waals surface area contributed by atoms with Gasteiger partial charge in [0.05, 0.1) is 0 Å². The second-order valence-corrected chi connectivity index (χ2v) is 6.22. The molecule has 0 aliphatic heterocycles. The molecule has 1 N–H and O–H groups in total. The van der Waals surface area contributed by atoms with Crippen LogP contribution in [0.25, 0.3) is 0 Å². The van der Waals surface area contributed by atoms with E-state index in [0.29, 0.717) is 11.5 Å². The summed E-state index contributed by atoms with van der Waals surface area (Å²) in [6, 6.07) is 0.675. The van der Waals surface area contributed by atoms with Crippen LogP contribution in [-0.2, 0) is 0 Å². The predicted octanol–water partition coefficient (Wildman–Crippen LogP) is 3.69. The molecule has 0 amide bonds. The summed E-state index contributed by atoms with van der Waals surface area (Å²) in [6.45, 7) is 12.0. The number of hydrogen-bond acceptors (Lipinski definition) is 1. The SMILES string of the molecule is CNC(C)CCC1C(C)CC1(C)C(C)C. The van der Waals surface area contributed by atoms with Crippen molar-refractivity contribution in [2.24, 2.45) is 23.2 Å². The van der Waals surface area contributed by atoms with Gasteiger partial charge in [-0.05, 0) is 56.4 Å². The normalized spacial score (nSPS) is 37.8. The van der Waals surface area contributed by atoms with Gasteiger partial charge in [-0.2, -0.15) is 0 Å². The Morgan fingerprint density at radius 3 is 2.33 bits per heavy atom. The molecule has 1 saturated carbocycles. The van der Waals surface area contributed by atoms with E-state index in [2.05, 4.69) is 47.0 Å². The molecule has 15 heavy (non-hydrogen) atoms. The molecule has 1 heteroatoms. The first-order valence-electron chi connectivity index (χ1n) is 6.59. The molecular weight excluding hydrogens is 182 g/mol. The van der Waals surface area contributed by atoms with E-state index in [-0.39, 0.29) is 0 Å². The minimum absolute atomic E-state index is 0.618. The van der Waals surface area contributed by atoms with E-state index in [1.807, 2.05) is 0 Å². The number of hydrogen-bond donors (Lipinski definition) is 1. The van der Waals surface area contributed by atoms with E-state index in [1.165, 1.54) is 19.3 Å². The first-order valence-corrected chi connectivity index (χ1v) is 6.59. The van der Waals surface area contributed by atoms with Crippen LogP contribution in [-0.4, -0.2) is 13.1 Å². The second-order valence-electron chi connectivity index (χ2n) is 6.22. The van der Waals surface area contributed by atoms with Gasteiger partial charge in [-0.25, -0.2) is 0 Å². The highest BCUT2D eigenvalue weighted by Gasteiger charge is 2.49. The van der Waals surface area contributed by atoms with Gasteiger partial charge in [0.25, 0.3) is 0 Å². The molecule has 0 aromatic carbocycles. The number of nitrogens with one attached hydrogen (secondary N) is 1. The van der Waals surface area contributed by atoms with Crippen LogP contribution < -0.4 is 5.32 Å². The van der Waals surface area contributed by atoms with Crippen molar-refractivity contribution in [1.29, 1.82) is 0 Å². The van der Waals surface area contributed by atoms with Crippen LogP contribution in [0.5, 0.6) is 0 Å². The molecule has 1 nitrogen and oxygen atoms in total. The largest absolute Gasteiger partial charge is 0.317 e. The van der Waals surface area contributed by atoms with Crippen molar-refractivity contribution in [3.05, 3.63) is 0 Å². The minimum atomic E-state index is 0.618. The van der Waals surface area contributed by atoms with E-state index >= 15 is 0 Å². The van der Waals surface area contributed by atoms with Crippen molar-refractivity contribution >= 4 is 0 Å². The molecule has 0 heterocycles. The molecule has 4 unspecified atom stereocenters. The van der Waals surface area contributed by atoms with Crippen LogP contribution in [0, 0.1) is 23.2 Å². The van der Waals surface area contributed by atoms with E-state index in [9.17, 15) is 0 Å². The van der Waals surface area contributed by atoms with Gasteiger partial charge in [0.1, 0.15) is 0 Å². The van der Waals surface area contributed by atoms with Crippen LogP contribution in [0.2, 0.25) is 0 Å². The Morgan fingerprint density at radius 2 is 1.93 bits per heavy atom. The summed E-state index contributed by atoms with van der Waals surface area (Å²) in [5, 5.41) is 3.34. The van der Waals surface area contributed by atoms with Gasteiger partial charge < -0.3 is 5.32 Å². The zero-order valence-corrected chi connectivity index (χ0v) is 11.4. The maximum Gasteiger partial charge on any atom is 0.00358 e. The maximum atomic E-state index is 3.34.